The topological polar surface area (TPSA) is 75.7 Å². The highest BCUT2D eigenvalue weighted by Gasteiger charge is 2.24. The van der Waals surface area contributed by atoms with Crippen molar-refractivity contribution in [2.75, 3.05) is 25.5 Å². The zero-order valence-corrected chi connectivity index (χ0v) is 16.2. The van der Waals surface area contributed by atoms with Gasteiger partial charge in [-0.15, -0.1) is 0 Å². The standard InChI is InChI=1S/C17H28N2O4S/c1-7-16(23-6)17(20)18-15-11-14(10-12(4)13(15)5)24(21,22)19(8-2)9-3/h10-11,16H,7-9H2,1-6H3,(H,18,20). The number of carbonyl (C=O) groups excluding carboxylic acids is 1. The number of nitrogens with zero attached hydrogens (tertiary/aromatic N) is 1. The average molecular weight is 356 g/mol. The summed E-state index contributed by atoms with van der Waals surface area (Å²) in [6, 6.07) is 3.17. The zero-order chi connectivity index (χ0) is 18.5. The monoisotopic (exact) mass is 356 g/mol. The van der Waals surface area contributed by atoms with Crippen LogP contribution >= 0.6 is 0 Å². The van der Waals surface area contributed by atoms with Gasteiger partial charge in [0.05, 0.1) is 4.90 Å². The summed E-state index contributed by atoms with van der Waals surface area (Å²) in [5.41, 5.74) is 2.15. The van der Waals surface area contributed by atoms with Crippen LogP contribution in [-0.4, -0.2) is 44.9 Å². The van der Waals surface area contributed by atoms with Gasteiger partial charge >= 0.3 is 0 Å². The molecule has 136 valence electrons. The van der Waals surface area contributed by atoms with Crippen LogP contribution < -0.4 is 5.32 Å². The summed E-state index contributed by atoms with van der Waals surface area (Å²) in [7, 11) is -2.10. The molecule has 0 heterocycles. The number of anilines is 1. The normalized spacial score (nSPS) is 13.1. The number of carbonyl (C=O) groups is 1. The van der Waals surface area contributed by atoms with Gasteiger partial charge in [-0.05, 0) is 43.5 Å². The quantitative estimate of drug-likeness (QED) is 0.777. The smallest absolute Gasteiger partial charge is 0.253 e. The van der Waals surface area contributed by atoms with Crippen LogP contribution in [-0.2, 0) is 19.6 Å². The molecule has 0 aromatic heterocycles. The largest absolute Gasteiger partial charge is 0.372 e. The van der Waals surface area contributed by atoms with Crippen molar-refractivity contribution in [1.82, 2.24) is 4.31 Å². The molecule has 6 nitrogen and oxygen atoms in total. The lowest BCUT2D eigenvalue weighted by Gasteiger charge is -2.21. The van der Waals surface area contributed by atoms with Crippen LogP contribution in [0.25, 0.3) is 0 Å². The first kappa shape index (κ1) is 20.6. The maximum Gasteiger partial charge on any atom is 0.253 e. The van der Waals surface area contributed by atoms with Gasteiger partial charge in [0.25, 0.3) is 5.91 Å². The van der Waals surface area contributed by atoms with E-state index < -0.39 is 16.1 Å². The van der Waals surface area contributed by atoms with Gasteiger partial charge in [0.1, 0.15) is 6.10 Å². The molecule has 1 rings (SSSR count). The average Bonchev–Trinajstić information content (AvgIpc) is 2.53. The Bertz CT molecular complexity index is 678. The highest BCUT2D eigenvalue weighted by Crippen LogP contribution is 2.26. The van der Waals surface area contributed by atoms with Crippen molar-refractivity contribution >= 4 is 21.6 Å². The first-order valence-corrected chi connectivity index (χ1v) is 9.61. The van der Waals surface area contributed by atoms with E-state index in [4.69, 9.17) is 4.74 Å². The highest BCUT2D eigenvalue weighted by atomic mass is 32.2. The van der Waals surface area contributed by atoms with Crippen LogP contribution in [0.3, 0.4) is 0 Å². The Morgan fingerprint density at radius 2 is 1.79 bits per heavy atom. The molecule has 0 radical (unpaired) electrons. The highest BCUT2D eigenvalue weighted by molar-refractivity contribution is 7.89. The lowest BCUT2D eigenvalue weighted by atomic mass is 10.1. The molecule has 1 N–H and O–H groups in total. The number of benzene rings is 1. The summed E-state index contributed by atoms with van der Waals surface area (Å²) < 4.78 is 32.0. The molecule has 0 saturated carbocycles. The molecular weight excluding hydrogens is 328 g/mol. The number of amides is 1. The summed E-state index contributed by atoms with van der Waals surface area (Å²) in [4.78, 5) is 12.4. The Morgan fingerprint density at radius 3 is 2.25 bits per heavy atom. The Morgan fingerprint density at radius 1 is 1.21 bits per heavy atom. The second-order valence-corrected chi connectivity index (χ2v) is 7.56. The summed E-state index contributed by atoms with van der Waals surface area (Å²) in [6.07, 6.45) is -0.0228. The van der Waals surface area contributed by atoms with Gasteiger partial charge in [-0.25, -0.2) is 8.42 Å². The fourth-order valence-corrected chi connectivity index (χ4v) is 4.06. The molecular formula is C17H28N2O4S. The fourth-order valence-electron chi connectivity index (χ4n) is 2.49. The number of methoxy groups -OCH3 is 1. The molecule has 1 atom stereocenters. The summed E-state index contributed by atoms with van der Waals surface area (Å²) in [5.74, 6) is -0.278. The number of hydrogen-bond acceptors (Lipinski definition) is 4. The molecule has 0 bridgehead atoms. The number of rotatable bonds is 8. The van der Waals surface area contributed by atoms with Gasteiger partial charge in [-0.1, -0.05) is 20.8 Å². The summed E-state index contributed by atoms with van der Waals surface area (Å²) in [5, 5.41) is 2.79. The van der Waals surface area contributed by atoms with Crippen molar-refractivity contribution in [1.29, 1.82) is 0 Å². The molecule has 1 unspecified atom stereocenters. The van der Waals surface area contributed by atoms with Crippen molar-refractivity contribution in [3.63, 3.8) is 0 Å². The van der Waals surface area contributed by atoms with Crippen LogP contribution in [0, 0.1) is 13.8 Å². The van der Waals surface area contributed by atoms with Gasteiger partial charge in [0.15, 0.2) is 0 Å². The van der Waals surface area contributed by atoms with Gasteiger partial charge in [-0.2, -0.15) is 4.31 Å². The lowest BCUT2D eigenvalue weighted by Crippen LogP contribution is -2.31. The van der Waals surface area contributed by atoms with Crippen LogP contribution in [0.1, 0.15) is 38.3 Å². The minimum atomic E-state index is -3.58. The minimum Gasteiger partial charge on any atom is -0.372 e. The molecule has 1 aromatic carbocycles. The van der Waals surface area contributed by atoms with Crippen LogP contribution in [0.4, 0.5) is 5.69 Å². The fraction of sp³-hybridized carbons (Fsp3) is 0.588. The van der Waals surface area contributed by atoms with Crippen LogP contribution in [0.5, 0.6) is 0 Å². The third-order valence-electron chi connectivity index (χ3n) is 4.19. The predicted octanol–water partition coefficient (Wildman–Crippen LogP) is 2.70. The predicted molar refractivity (Wildman–Crippen MR) is 95.7 cm³/mol. The van der Waals surface area contributed by atoms with Crippen molar-refractivity contribution < 1.29 is 17.9 Å². The van der Waals surface area contributed by atoms with E-state index >= 15 is 0 Å². The molecule has 0 spiro atoms. The second kappa shape index (κ2) is 8.60. The van der Waals surface area contributed by atoms with Gasteiger partial charge < -0.3 is 10.1 Å². The zero-order valence-electron chi connectivity index (χ0n) is 15.3. The summed E-state index contributed by atoms with van der Waals surface area (Å²) >= 11 is 0. The van der Waals surface area contributed by atoms with Crippen molar-refractivity contribution in [2.45, 2.75) is 52.0 Å². The Balaban J connectivity index is 3.30. The van der Waals surface area contributed by atoms with E-state index in [9.17, 15) is 13.2 Å². The van der Waals surface area contributed by atoms with E-state index in [2.05, 4.69) is 5.32 Å². The van der Waals surface area contributed by atoms with Crippen molar-refractivity contribution in [2.24, 2.45) is 0 Å². The third-order valence-corrected chi connectivity index (χ3v) is 6.22. The van der Waals surface area contributed by atoms with Crippen LogP contribution in [0.2, 0.25) is 0 Å². The van der Waals surface area contributed by atoms with E-state index in [-0.39, 0.29) is 10.8 Å². The van der Waals surface area contributed by atoms with E-state index in [0.717, 1.165) is 11.1 Å². The number of hydrogen-bond donors (Lipinski definition) is 1. The molecule has 24 heavy (non-hydrogen) atoms. The second-order valence-electron chi connectivity index (χ2n) is 5.62. The van der Waals surface area contributed by atoms with Gasteiger partial charge in [0.2, 0.25) is 10.0 Å². The Kier molecular flexibility index (Phi) is 7.38. The third kappa shape index (κ3) is 4.34. The molecule has 1 aromatic rings. The van der Waals surface area contributed by atoms with Gasteiger partial charge in [-0.3, -0.25) is 4.79 Å². The molecule has 0 fully saturated rings. The van der Waals surface area contributed by atoms with E-state index in [1.807, 2.05) is 20.8 Å². The van der Waals surface area contributed by atoms with Crippen molar-refractivity contribution in [3.05, 3.63) is 23.3 Å². The van der Waals surface area contributed by atoms with Crippen molar-refractivity contribution in [3.8, 4) is 0 Å². The number of sulfonamides is 1. The Hall–Kier alpha value is -1.44. The minimum absolute atomic E-state index is 0.190. The molecule has 0 aliphatic rings. The number of aryl methyl sites for hydroxylation is 1. The first-order valence-electron chi connectivity index (χ1n) is 8.17. The van der Waals surface area contributed by atoms with E-state index in [1.165, 1.54) is 17.5 Å². The molecule has 0 aliphatic heterocycles. The maximum absolute atomic E-state index is 12.7. The van der Waals surface area contributed by atoms with Crippen LogP contribution in [0.15, 0.2) is 17.0 Å². The lowest BCUT2D eigenvalue weighted by molar-refractivity contribution is -0.125. The number of ether oxygens (including phenoxy) is 1. The molecule has 0 saturated heterocycles. The van der Waals surface area contributed by atoms with Gasteiger partial charge in [0, 0.05) is 25.9 Å². The molecule has 0 aliphatic carbocycles. The molecule has 1 amide bonds. The maximum atomic E-state index is 12.7. The Labute approximate surface area is 145 Å². The number of nitrogens with one attached hydrogen (secondary N) is 1. The molecule has 7 heteroatoms. The van der Waals surface area contributed by atoms with E-state index in [0.29, 0.717) is 25.2 Å². The SMILES string of the molecule is CCC(OC)C(=O)Nc1cc(S(=O)(=O)N(CC)CC)cc(C)c1C. The van der Waals surface area contributed by atoms with E-state index in [1.54, 1.807) is 19.9 Å². The first-order chi connectivity index (χ1) is 11.2. The summed E-state index contributed by atoms with van der Waals surface area (Å²) in [6.45, 7) is 9.94.